The fraction of sp³-hybridized carbons (Fsp3) is 0.565. The Hall–Kier alpha value is -2.72. The molecular weight excluding hydrogens is 428 g/mol. The van der Waals surface area contributed by atoms with E-state index in [1.54, 1.807) is 12.1 Å². The molecule has 0 aliphatic carbocycles. The van der Waals surface area contributed by atoms with E-state index in [1.807, 2.05) is 20.8 Å². The molecule has 0 unspecified atom stereocenters. The van der Waals surface area contributed by atoms with E-state index in [4.69, 9.17) is 9.72 Å². The topological polar surface area (TPSA) is 51.2 Å². The van der Waals surface area contributed by atoms with Crippen LogP contribution < -0.4 is 19.6 Å². The number of rotatable bonds is 4. The number of piperazine rings is 2. The lowest BCUT2D eigenvalue weighted by Gasteiger charge is -2.38. The summed E-state index contributed by atoms with van der Waals surface area (Å²) in [6.45, 7) is 8.12. The number of likely N-dealkylation sites (N-methyl/N-ethyl adjacent to an activating group) is 1. The number of anilines is 4. The highest BCUT2D eigenvalue weighted by molar-refractivity contribution is 5.58. The summed E-state index contributed by atoms with van der Waals surface area (Å²) in [7, 11) is 2.08. The SMILES string of the molecule is CN1CCN(c2nc(N3CCN(c4ccccc4F)CC3)nc(N3CCOCC3)c2F)CC1. The third kappa shape index (κ3) is 4.67. The molecule has 3 aliphatic rings. The number of ether oxygens (including phenoxy) is 1. The second-order valence-electron chi connectivity index (χ2n) is 8.80. The van der Waals surface area contributed by atoms with Crippen molar-refractivity contribution in [2.45, 2.75) is 0 Å². The Bertz CT molecular complexity index is 956. The molecule has 4 heterocycles. The lowest BCUT2D eigenvalue weighted by molar-refractivity contribution is 0.122. The molecule has 8 nitrogen and oxygen atoms in total. The highest BCUT2D eigenvalue weighted by Gasteiger charge is 2.29. The van der Waals surface area contributed by atoms with Gasteiger partial charge in [-0.25, -0.2) is 4.39 Å². The standard InChI is InChI=1S/C23H31F2N7O/c1-28-6-8-30(9-7-28)21-20(25)22(31-14-16-33-17-15-31)27-23(26-21)32-12-10-29(11-13-32)19-5-3-2-4-18(19)24/h2-5H,6-17H2,1H3. The van der Waals surface area contributed by atoms with Gasteiger partial charge >= 0.3 is 0 Å². The van der Waals surface area contributed by atoms with Gasteiger partial charge in [-0.2, -0.15) is 14.4 Å². The molecule has 178 valence electrons. The van der Waals surface area contributed by atoms with Crippen LogP contribution in [0.3, 0.4) is 0 Å². The fourth-order valence-electron chi connectivity index (χ4n) is 4.62. The summed E-state index contributed by atoms with van der Waals surface area (Å²) >= 11 is 0. The van der Waals surface area contributed by atoms with Crippen LogP contribution in [-0.4, -0.2) is 101 Å². The van der Waals surface area contributed by atoms with Crippen molar-refractivity contribution in [2.75, 3.05) is 105 Å². The molecule has 3 saturated heterocycles. The number of nitrogens with zero attached hydrogens (tertiary/aromatic N) is 7. The zero-order valence-corrected chi connectivity index (χ0v) is 19.1. The van der Waals surface area contributed by atoms with Crippen LogP contribution in [0.25, 0.3) is 0 Å². The number of hydrogen-bond acceptors (Lipinski definition) is 8. The van der Waals surface area contributed by atoms with Crippen molar-refractivity contribution in [1.82, 2.24) is 14.9 Å². The third-order valence-electron chi connectivity index (χ3n) is 6.67. The third-order valence-corrected chi connectivity index (χ3v) is 6.67. The van der Waals surface area contributed by atoms with Crippen LogP contribution >= 0.6 is 0 Å². The molecule has 1 aromatic carbocycles. The van der Waals surface area contributed by atoms with Gasteiger partial charge in [0.1, 0.15) is 5.82 Å². The van der Waals surface area contributed by atoms with E-state index < -0.39 is 0 Å². The maximum atomic E-state index is 15.7. The van der Waals surface area contributed by atoms with Gasteiger partial charge in [0.2, 0.25) is 11.8 Å². The molecule has 0 atom stereocenters. The largest absolute Gasteiger partial charge is 0.378 e. The molecule has 0 bridgehead atoms. The number of para-hydroxylation sites is 1. The average Bonchev–Trinajstić information content (AvgIpc) is 2.86. The van der Waals surface area contributed by atoms with E-state index in [9.17, 15) is 4.39 Å². The first-order valence-corrected chi connectivity index (χ1v) is 11.7. The number of halogens is 2. The quantitative estimate of drug-likeness (QED) is 0.685. The number of hydrogen-bond donors (Lipinski definition) is 0. The zero-order chi connectivity index (χ0) is 22.8. The minimum atomic E-state index is -0.352. The molecule has 3 aliphatic heterocycles. The average molecular weight is 460 g/mol. The Kier molecular flexibility index (Phi) is 6.45. The highest BCUT2D eigenvalue weighted by Crippen LogP contribution is 2.30. The first-order chi connectivity index (χ1) is 16.1. The van der Waals surface area contributed by atoms with Gasteiger partial charge in [-0.15, -0.1) is 0 Å². The molecule has 0 saturated carbocycles. The highest BCUT2D eigenvalue weighted by atomic mass is 19.1. The number of morpholine rings is 1. The summed E-state index contributed by atoms with van der Waals surface area (Å²) in [5, 5.41) is 0. The summed E-state index contributed by atoms with van der Waals surface area (Å²) in [6.07, 6.45) is 0. The minimum Gasteiger partial charge on any atom is -0.378 e. The van der Waals surface area contributed by atoms with E-state index in [0.29, 0.717) is 75.8 Å². The van der Waals surface area contributed by atoms with Crippen molar-refractivity contribution in [2.24, 2.45) is 0 Å². The van der Waals surface area contributed by atoms with Crippen LogP contribution in [-0.2, 0) is 4.74 Å². The van der Waals surface area contributed by atoms with Crippen molar-refractivity contribution in [3.63, 3.8) is 0 Å². The minimum absolute atomic E-state index is 0.212. The van der Waals surface area contributed by atoms with Crippen LogP contribution in [0.5, 0.6) is 0 Å². The Morgan fingerprint density at radius 3 is 1.88 bits per heavy atom. The van der Waals surface area contributed by atoms with Gasteiger partial charge < -0.3 is 29.2 Å². The van der Waals surface area contributed by atoms with Gasteiger partial charge in [-0.1, -0.05) is 12.1 Å². The summed E-state index contributed by atoms with van der Waals surface area (Å²) < 4.78 is 35.4. The van der Waals surface area contributed by atoms with Gasteiger partial charge in [0.25, 0.3) is 0 Å². The second kappa shape index (κ2) is 9.64. The Morgan fingerprint density at radius 1 is 0.697 bits per heavy atom. The Balaban J connectivity index is 1.40. The molecule has 10 heteroatoms. The molecule has 33 heavy (non-hydrogen) atoms. The molecule has 2 aromatic rings. The fourth-order valence-corrected chi connectivity index (χ4v) is 4.62. The monoisotopic (exact) mass is 459 g/mol. The molecule has 1 aromatic heterocycles. The van der Waals surface area contributed by atoms with Crippen molar-refractivity contribution in [3.8, 4) is 0 Å². The number of aromatic nitrogens is 2. The maximum absolute atomic E-state index is 15.7. The molecule has 0 amide bonds. The lowest BCUT2D eigenvalue weighted by Crippen LogP contribution is -2.48. The van der Waals surface area contributed by atoms with Gasteiger partial charge in [0.15, 0.2) is 11.6 Å². The summed E-state index contributed by atoms with van der Waals surface area (Å²) in [5.41, 5.74) is 0.615. The molecule has 0 radical (unpaired) electrons. The predicted octanol–water partition coefficient (Wildman–Crippen LogP) is 1.67. The normalized spacial score (nSPS) is 20.5. The van der Waals surface area contributed by atoms with Crippen molar-refractivity contribution < 1.29 is 13.5 Å². The number of benzene rings is 1. The maximum Gasteiger partial charge on any atom is 0.229 e. The van der Waals surface area contributed by atoms with Crippen molar-refractivity contribution in [3.05, 3.63) is 35.9 Å². The van der Waals surface area contributed by atoms with E-state index in [-0.39, 0.29) is 11.6 Å². The molecule has 0 spiro atoms. The van der Waals surface area contributed by atoms with Crippen LogP contribution in [0.2, 0.25) is 0 Å². The molecule has 3 fully saturated rings. The second-order valence-corrected chi connectivity index (χ2v) is 8.80. The molecular formula is C23H31F2N7O. The van der Waals surface area contributed by atoms with Crippen LogP contribution in [0.15, 0.2) is 24.3 Å². The Labute approximate surface area is 193 Å². The van der Waals surface area contributed by atoms with E-state index in [1.165, 1.54) is 6.07 Å². The predicted molar refractivity (Wildman–Crippen MR) is 126 cm³/mol. The van der Waals surface area contributed by atoms with E-state index in [2.05, 4.69) is 21.8 Å². The van der Waals surface area contributed by atoms with Crippen LogP contribution in [0.4, 0.5) is 32.1 Å². The Morgan fingerprint density at radius 2 is 1.24 bits per heavy atom. The van der Waals surface area contributed by atoms with Crippen LogP contribution in [0, 0.1) is 11.6 Å². The van der Waals surface area contributed by atoms with E-state index in [0.717, 1.165) is 26.2 Å². The summed E-state index contributed by atoms with van der Waals surface area (Å²) in [6, 6.07) is 6.85. The van der Waals surface area contributed by atoms with Gasteiger partial charge in [0.05, 0.1) is 18.9 Å². The summed E-state index contributed by atoms with van der Waals surface area (Å²) in [4.78, 5) is 19.7. The van der Waals surface area contributed by atoms with Crippen molar-refractivity contribution >= 4 is 23.3 Å². The van der Waals surface area contributed by atoms with Gasteiger partial charge in [-0.3, -0.25) is 0 Å². The van der Waals surface area contributed by atoms with Gasteiger partial charge in [-0.05, 0) is 19.2 Å². The summed E-state index contributed by atoms with van der Waals surface area (Å²) in [5.74, 6) is 0.714. The van der Waals surface area contributed by atoms with Crippen LogP contribution in [0.1, 0.15) is 0 Å². The first-order valence-electron chi connectivity index (χ1n) is 11.7. The molecule has 0 N–H and O–H groups in total. The molecule has 5 rings (SSSR count). The first kappa shape index (κ1) is 22.1. The van der Waals surface area contributed by atoms with Crippen molar-refractivity contribution in [1.29, 1.82) is 0 Å². The lowest BCUT2D eigenvalue weighted by atomic mass is 10.2. The van der Waals surface area contributed by atoms with E-state index >= 15 is 4.39 Å². The smallest absolute Gasteiger partial charge is 0.229 e. The zero-order valence-electron chi connectivity index (χ0n) is 19.1. The van der Waals surface area contributed by atoms with Gasteiger partial charge in [0, 0.05) is 65.4 Å².